The molecule has 3 aromatic carbocycles. The van der Waals surface area contributed by atoms with Crippen LogP contribution in [-0.2, 0) is 0 Å². The molecule has 4 heteroatoms. The number of rotatable bonds is 2. The Morgan fingerprint density at radius 1 is 0.962 bits per heavy atom. The SMILES string of the molecule is CC.COc1c(O)cccc1C1=COc2ccc3ccccc3c2C1O. The summed E-state index contributed by atoms with van der Waals surface area (Å²) in [6, 6.07) is 16.7. The molecule has 0 aliphatic carbocycles. The Balaban J connectivity index is 0.000000948. The third kappa shape index (κ3) is 2.89. The normalized spacial score (nSPS) is 15.2. The Kier molecular flexibility index (Phi) is 5.14. The molecule has 0 amide bonds. The topological polar surface area (TPSA) is 58.9 Å². The fraction of sp³-hybridized carbons (Fsp3) is 0.182. The lowest BCUT2D eigenvalue weighted by Gasteiger charge is -2.25. The minimum Gasteiger partial charge on any atom is -0.504 e. The van der Waals surface area contributed by atoms with Crippen molar-refractivity contribution in [2.75, 3.05) is 7.11 Å². The number of hydrogen-bond acceptors (Lipinski definition) is 4. The van der Waals surface area contributed by atoms with Crippen molar-refractivity contribution >= 4 is 16.3 Å². The Morgan fingerprint density at radius 3 is 2.50 bits per heavy atom. The maximum absolute atomic E-state index is 11.0. The van der Waals surface area contributed by atoms with Crippen LogP contribution in [0.2, 0.25) is 0 Å². The maximum Gasteiger partial charge on any atom is 0.168 e. The summed E-state index contributed by atoms with van der Waals surface area (Å²) in [4.78, 5) is 0. The van der Waals surface area contributed by atoms with E-state index in [-0.39, 0.29) is 5.75 Å². The van der Waals surface area contributed by atoms with Crippen LogP contribution in [0.25, 0.3) is 16.3 Å². The summed E-state index contributed by atoms with van der Waals surface area (Å²) in [5, 5.41) is 23.0. The molecule has 0 radical (unpaired) electrons. The molecule has 2 N–H and O–H groups in total. The van der Waals surface area contributed by atoms with Gasteiger partial charge in [0.15, 0.2) is 11.5 Å². The van der Waals surface area contributed by atoms with Crippen LogP contribution in [0.5, 0.6) is 17.2 Å². The number of aliphatic hydroxyl groups is 1. The second-order valence-electron chi connectivity index (χ2n) is 5.65. The molecule has 1 heterocycles. The average molecular weight is 350 g/mol. The lowest BCUT2D eigenvalue weighted by Crippen LogP contribution is -2.11. The predicted octanol–water partition coefficient (Wildman–Crippen LogP) is 5.05. The third-order valence-electron chi connectivity index (χ3n) is 4.32. The van der Waals surface area contributed by atoms with Crippen LogP contribution in [0.15, 0.2) is 60.9 Å². The van der Waals surface area contributed by atoms with E-state index in [1.165, 1.54) is 13.4 Å². The van der Waals surface area contributed by atoms with Gasteiger partial charge in [-0.05, 0) is 22.9 Å². The van der Waals surface area contributed by atoms with Crippen molar-refractivity contribution in [1.82, 2.24) is 0 Å². The number of phenolic OH excluding ortho intramolecular Hbond substituents is 1. The van der Waals surface area contributed by atoms with E-state index < -0.39 is 6.10 Å². The predicted molar refractivity (Wildman–Crippen MR) is 104 cm³/mol. The second kappa shape index (κ2) is 7.50. The summed E-state index contributed by atoms with van der Waals surface area (Å²) in [6.45, 7) is 4.00. The number of fused-ring (bicyclic) bond motifs is 3. The van der Waals surface area contributed by atoms with Crippen molar-refractivity contribution in [3.05, 3.63) is 72.0 Å². The fourth-order valence-corrected chi connectivity index (χ4v) is 3.18. The Bertz CT molecular complexity index is 960. The number of ether oxygens (including phenoxy) is 2. The monoisotopic (exact) mass is 350 g/mol. The number of benzene rings is 3. The molecular weight excluding hydrogens is 328 g/mol. The molecule has 26 heavy (non-hydrogen) atoms. The van der Waals surface area contributed by atoms with E-state index in [2.05, 4.69) is 0 Å². The number of para-hydroxylation sites is 1. The summed E-state index contributed by atoms with van der Waals surface area (Å²) >= 11 is 0. The summed E-state index contributed by atoms with van der Waals surface area (Å²) in [7, 11) is 1.48. The van der Waals surface area contributed by atoms with Gasteiger partial charge in [0.25, 0.3) is 0 Å². The molecule has 0 saturated carbocycles. The van der Waals surface area contributed by atoms with Crippen LogP contribution >= 0.6 is 0 Å². The van der Waals surface area contributed by atoms with Gasteiger partial charge in [-0.15, -0.1) is 0 Å². The van der Waals surface area contributed by atoms with Gasteiger partial charge in [0.1, 0.15) is 11.9 Å². The Labute approximate surface area is 152 Å². The van der Waals surface area contributed by atoms with Crippen LogP contribution in [-0.4, -0.2) is 17.3 Å². The van der Waals surface area contributed by atoms with Crippen LogP contribution in [0.1, 0.15) is 31.1 Å². The third-order valence-corrected chi connectivity index (χ3v) is 4.32. The van der Waals surface area contributed by atoms with Crippen LogP contribution in [0, 0.1) is 0 Å². The van der Waals surface area contributed by atoms with Gasteiger partial charge >= 0.3 is 0 Å². The van der Waals surface area contributed by atoms with E-state index in [4.69, 9.17) is 9.47 Å². The zero-order valence-electron chi connectivity index (χ0n) is 15.1. The quantitative estimate of drug-likeness (QED) is 0.679. The van der Waals surface area contributed by atoms with Crippen LogP contribution in [0.4, 0.5) is 0 Å². The molecule has 4 rings (SSSR count). The van der Waals surface area contributed by atoms with Crippen molar-refractivity contribution in [2.45, 2.75) is 20.0 Å². The van der Waals surface area contributed by atoms with E-state index in [1.807, 2.05) is 50.2 Å². The van der Waals surface area contributed by atoms with Crippen molar-refractivity contribution in [1.29, 1.82) is 0 Å². The molecule has 0 bridgehead atoms. The van der Waals surface area contributed by atoms with Crippen molar-refractivity contribution in [3.63, 3.8) is 0 Å². The molecule has 4 nitrogen and oxygen atoms in total. The van der Waals surface area contributed by atoms with Crippen molar-refractivity contribution in [2.24, 2.45) is 0 Å². The maximum atomic E-state index is 11.0. The molecule has 1 unspecified atom stereocenters. The minimum atomic E-state index is -0.879. The molecule has 1 atom stereocenters. The van der Waals surface area contributed by atoms with Gasteiger partial charge in [0.05, 0.1) is 13.4 Å². The Morgan fingerprint density at radius 2 is 1.73 bits per heavy atom. The number of hydrogen-bond donors (Lipinski definition) is 2. The highest BCUT2D eigenvalue weighted by atomic mass is 16.5. The van der Waals surface area contributed by atoms with Gasteiger partial charge in [0, 0.05) is 16.7 Å². The smallest absolute Gasteiger partial charge is 0.168 e. The molecule has 0 aromatic heterocycles. The number of aromatic hydroxyl groups is 1. The van der Waals surface area contributed by atoms with E-state index in [9.17, 15) is 10.2 Å². The van der Waals surface area contributed by atoms with E-state index in [0.717, 1.165) is 16.3 Å². The van der Waals surface area contributed by atoms with Crippen molar-refractivity contribution < 1.29 is 19.7 Å². The molecule has 3 aromatic rings. The lowest BCUT2D eigenvalue weighted by molar-refractivity contribution is 0.225. The molecule has 0 fully saturated rings. The zero-order chi connectivity index (χ0) is 18.7. The molecular formula is C22H22O4. The fourth-order valence-electron chi connectivity index (χ4n) is 3.18. The minimum absolute atomic E-state index is 0.0202. The molecule has 0 spiro atoms. The van der Waals surface area contributed by atoms with Crippen molar-refractivity contribution in [3.8, 4) is 17.2 Å². The molecule has 1 aliphatic heterocycles. The largest absolute Gasteiger partial charge is 0.504 e. The summed E-state index contributed by atoms with van der Waals surface area (Å²) in [5.74, 6) is 0.964. The van der Waals surface area contributed by atoms with Gasteiger partial charge in [-0.25, -0.2) is 0 Å². The first kappa shape index (κ1) is 17.8. The van der Waals surface area contributed by atoms with Gasteiger partial charge in [0.2, 0.25) is 0 Å². The summed E-state index contributed by atoms with van der Waals surface area (Å²) in [6.07, 6.45) is 0.634. The molecule has 134 valence electrons. The summed E-state index contributed by atoms with van der Waals surface area (Å²) in [5.41, 5.74) is 1.87. The zero-order valence-corrected chi connectivity index (χ0v) is 15.1. The first-order valence-electron chi connectivity index (χ1n) is 8.63. The molecule has 0 saturated heterocycles. The van der Waals surface area contributed by atoms with Gasteiger partial charge < -0.3 is 19.7 Å². The van der Waals surface area contributed by atoms with Gasteiger partial charge in [-0.2, -0.15) is 0 Å². The van der Waals surface area contributed by atoms with E-state index in [1.54, 1.807) is 18.2 Å². The Hall–Kier alpha value is -2.98. The van der Waals surface area contributed by atoms with Gasteiger partial charge in [-0.3, -0.25) is 0 Å². The highest BCUT2D eigenvalue weighted by Gasteiger charge is 2.28. The number of aliphatic hydroxyl groups excluding tert-OH is 1. The highest BCUT2D eigenvalue weighted by molar-refractivity contribution is 5.92. The highest BCUT2D eigenvalue weighted by Crippen LogP contribution is 2.46. The molecule has 1 aliphatic rings. The van der Waals surface area contributed by atoms with E-state index >= 15 is 0 Å². The van der Waals surface area contributed by atoms with Crippen LogP contribution in [0.3, 0.4) is 0 Å². The van der Waals surface area contributed by atoms with Crippen LogP contribution < -0.4 is 9.47 Å². The first-order chi connectivity index (χ1) is 12.7. The first-order valence-corrected chi connectivity index (χ1v) is 8.63. The number of methoxy groups -OCH3 is 1. The lowest BCUT2D eigenvalue weighted by atomic mass is 9.90. The average Bonchev–Trinajstić information content (AvgIpc) is 2.69. The summed E-state index contributed by atoms with van der Waals surface area (Å²) < 4.78 is 11.0. The van der Waals surface area contributed by atoms with Gasteiger partial charge in [-0.1, -0.05) is 56.3 Å². The second-order valence-corrected chi connectivity index (χ2v) is 5.65. The number of phenols is 1. The van der Waals surface area contributed by atoms with E-state index in [0.29, 0.717) is 22.6 Å². The standard InChI is InChI=1S/C20H16O4.C2H6/c1-23-20-14(7-4-8-16(20)21)15-11-24-17-10-9-12-5-2-3-6-13(12)18(17)19(15)22;1-2/h2-11,19,21-22H,1H3;1-2H3.